The summed E-state index contributed by atoms with van der Waals surface area (Å²) in [4.78, 5) is 24.7. The normalized spacial score (nSPS) is 18.2. The highest BCUT2D eigenvalue weighted by molar-refractivity contribution is 5.97. The Bertz CT molecular complexity index is 868. The number of nitrogens with zero attached hydrogens (tertiary/aromatic N) is 3. The average molecular weight is 401 g/mol. The smallest absolute Gasteiger partial charge is 0.356 e. The Morgan fingerprint density at radius 3 is 2.93 bits per heavy atom. The number of aryl methyl sites for hydroxylation is 2. The van der Waals surface area contributed by atoms with Crippen molar-refractivity contribution in [2.45, 2.75) is 45.6 Å². The summed E-state index contributed by atoms with van der Waals surface area (Å²) < 4.78 is 12.8. The molecule has 2 aromatic heterocycles. The van der Waals surface area contributed by atoms with Gasteiger partial charge in [-0.3, -0.25) is 14.6 Å². The maximum absolute atomic E-state index is 12.8. The lowest BCUT2D eigenvalue weighted by molar-refractivity contribution is 0.0152. The van der Waals surface area contributed by atoms with E-state index in [4.69, 9.17) is 14.6 Å². The summed E-state index contributed by atoms with van der Waals surface area (Å²) in [6.45, 7) is 5.01. The molecule has 156 valence electrons. The molecule has 0 aliphatic carbocycles. The zero-order valence-corrected chi connectivity index (χ0v) is 16.7. The number of hydrogen-bond acceptors (Lipinski definition) is 6. The maximum atomic E-state index is 12.8. The zero-order valence-electron chi connectivity index (χ0n) is 16.7. The molecule has 9 nitrogen and oxygen atoms in total. The summed E-state index contributed by atoms with van der Waals surface area (Å²) in [5, 5.41) is 14.2. The van der Waals surface area contributed by atoms with E-state index >= 15 is 0 Å². The van der Waals surface area contributed by atoms with Crippen molar-refractivity contribution in [3.8, 4) is 0 Å². The molecule has 1 amide bonds. The molecule has 2 N–H and O–H groups in total. The molecule has 1 saturated heterocycles. The van der Waals surface area contributed by atoms with Gasteiger partial charge in [-0.2, -0.15) is 10.2 Å². The molecule has 4 rings (SSSR count). The first-order valence-corrected chi connectivity index (χ1v) is 10.2. The fourth-order valence-electron chi connectivity index (χ4n) is 4.18. The number of aromatic amines is 1. The van der Waals surface area contributed by atoms with E-state index in [2.05, 4.69) is 15.5 Å². The van der Waals surface area contributed by atoms with Crippen LogP contribution in [0.3, 0.4) is 0 Å². The molecule has 2 aromatic rings. The number of aromatic nitrogens is 4. The first-order chi connectivity index (χ1) is 14.1. The molecule has 0 unspecified atom stereocenters. The van der Waals surface area contributed by atoms with E-state index < -0.39 is 5.97 Å². The predicted molar refractivity (Wildman–Crippen MR) is 104 cm³/mol. The van der Waals surface area contributed by atoms with Crippen LogP contribution in [0.2, 0.25) is 0 Å². The lowest BCUT2D eigenvalue weighted by Gasteiger charge is -2.36. The Labute approximate surface area is 169 Å². The van der Waals surface area contributed by atoms with Crippen LogP contribution in [0.25, 0.3) is 0 Å². The first kappa shape index (κ1) is 19.6. The fraction of sp³-hybridized carbons (Fsp3) is 0.600. The second kappa shape index (κ2) is 8.36. The minimum Gasteiger partial charge on any atom is -0.461 e. The van der Waals surface area contributed by atoms with Crippen molar-refractivity contribution in [3.63, 3.8) is 0 Å². The van der Waals surface area contributed by atoms with Crippen molar-refractivity contribution in [3.05, 3.63) is 34.9 Å². The number of nitrogens with one attached hydrogen (secondary N) is 2. The molecule has 0 saturated carbocycles. The van der Waals surface area contributed by atoms with Crippen LogP contribution in [0.5, 0.6) is 0 Å². The number of H-pyrrole nitrogens is 1. The van der Waals surface area contributed by atoms with E-state index in [1.165, 1.54) is 6.20 Å². The second-order valence-electron chi connectivity index (χ2n) is 7.78. The standard InChI is InChI=1S/C20H27N5O4/c1-2-14-17-16(12-20(13-21-18(17)26)5-10-28-11-6-20)25(24-14)8-3-9-29-19(27)15-4-7-22-23-15/h4,7H,2-3,5-6,8-13H2,1H3,(H,21,26)(H,22,23). The summed E-state index contributed by atoms with van der Waals surface area (Å²) in [5.41, 5.74) is 2.92. The molecule has 0 atom stereocenters. The second-order valence-corrected chi connectivity index (χ2v) is 7.78. The molecule has 0 radical (unpaired) electrons. The summed E-state index contributed by atoms with van der Waals surface area (Å²) in [5.74, 6) is -0.450. The molecule has 0 bridgehead atoms. The van der Waals surface area contributed by atoms with Crippen LogP contribution in [-0.4, -0.2) is 58.2 Å². The number of esters is 1. The van der Waals surface area contributed by atoms with Crippen molar-refractivity contribution in [2.75, 3.05) is 26.4 Å². The molecular formula is C20H27N5O4. The molecule has 2 aliphatic rings. The van der Waals surface area contributed by atoms with E-state index in [9.17, 15) is 9.59 Å². The van der Waals surface area contributed by atoms with E-state index in [1.807, 2.05) is 11.6 Å². The Hall–Kier alpha value is -2.68. The highest BCUT2D eigenvalue weighted by Gasteiger charge is 2.39. The molecular weight excluding hydrogens is 374 g/mol. The lowest BCUT2D eigenvalue weighted by atomic mass is 9.76. The average Bonchev–Trinajstić information content (AvgIpc) is 3.36. The van der Waals surface area contributed by atoms with Crippen LogP contribution in [-0.2, 0) is 28.9 Å². The summed E-state index contributed by atoms with van der Waals surface area (Å²) in [6, 6.07) is 1.58. The molecule has 29 heavy (non-hydrogen) atoms. The van der Waals surface area contributed by atoms with Crippen molar-refractivity contribution in [2.24, 2.45) is 5.41 Å². The van der Waals surface area contributed by atoms with E-state index in [0.29, 0.717) is 31.6 Å². The Morgan fingerprint density at radius 2 is 2.21 bits per heavy atom. The van der Waals surface area contributed by atoms with Crippen molar-refractivity contribution >= 4 is 11.9 Å². The fourth-order valence-corrected chi connectivity index (χ4v) is 4.18. The van der Waals surface area contributed by atoms with Gasteiger partial charge in [0.1, 0.15) is 5.69 Å². The minimum absolute atomic E-state index is 0.0229. The van der Waals surface area contributed by atoms with Gasteiger partial charge in [-0.05, 0) is 37.2 Å². The van der Waals surface area contributed by atoms with Gasteiger partial charge in [0.05, 0.1) is 23.6 Å². The van der Waals surface area contributed by atoms with Gasteiger partial charge >= 0.3 is 5.97 Å². The monoisotopic (exact) mass is 401 g/mol. The maximum Gasteiger partial charge on any atom is 0.356 e. The van der Waals surface area contributed by atoms with Crippen LogP contribution in [0, 0.1) is 5.41 Å². The van der Waals surface area contributed by atoms with Crippen molar-refractivity contribution < 1.29 is 19.1 Å². The van der Waals surface area contributed by atoms with Crippen molar-refractivity contribution in [1.82, 2.24) is 25.3 Å². The van der Waals surface area contributed by atoms with Gasteiger partial charge < -0.3 is 14.8 Å². The predicted octanol–water partition coefficient (Wildman–Crippen LogP) is 1.50. The van der Waals surface area contributed by atoms with Gasteiger partial charge in [0, 0.05) is 38.9 Å². The van der Waals surface area contributed by atoms with Crippen LogP contribution in [0.4, 0.5) is 0 Å². The quantitative estimate of drug-likeness (QED) is 0.561. The summed E-state index contributed by atoms with van der Waals surface area (Å²) in [6.07, 6.45) is 5.51. The topological polar surface area (TPSA) is 111 Å². The SMILES string of the molecule is CCc1nn(CCCOC(=O)c2ccn[nH]2)c2c1C(=O)NCC1(CCOCC1)C2. The Morgan fingerprint density at radius 1 is 1.38 bits per heavy atom. The van der Waals surface area contributed by atoms with Gasteiger partial charge in [-0.15, -0.1) is 0 Å². The molecule has 1 spiro atoms. The number of rotatable bonds is 6. The summed E-state index contributed by atoms with van der Waals surface area (Å²) >= 11 is 0. The van der Waals surface area contributed by atoms with Crippen LogP contribution in [0.15, 0.2) is 12.3 Å². The van der Waals surface area contributed by atoms with Gasteiger partial charge in [-0.25, -0.2) is 4.79 Å². The number of ether oxygens (including phenoxy) is 2. The van der Waals surface area contributed by atoms with Gasteiger partial charge in [0.15, 0.2) is 0 Å². The first-order valence-electron chi connectivity index (χ1n) is 10.2. The Kier molecular flexibility index (Phi) is 5.66. The number of carbonyl (C=O) groups excluding carboxylic acids is 2. The number of hydrogen-bond donors (Lipinski definition) is 2. The number of fused-ring (bicyclic) bond motifs is 1. The van der Waals surface area contributed by atoms with Gasteiger partial charge in [-0.1, -0.05) is 6.92 Å². The molecule has 2 aliphatic heterocycles. The zero-order chi connectivity index (χ0) is 20.3. The van der Waals surface area contributed by atoms with Gasteiger partial charge in [0.25, 0.3) is 5.91 Å². The summed E-state index contributed by atoms with van der Waals surface area (Å²) in [7, 11) is 0. The van der Waals surface area contributed by atoms with Crippen LogP contribution in [0.1, 0.15) is 58.4 Å². The minimum atomic E-state index is -0.420. The van der Waals surface area contributed by atoms with Crippen molar-refractivity contribution in [1.29, 1.82) is 0 Å². The van der Waals surface area contributed by atoms with E-state index in [-0.39, 0.29) is 17.9 Å². The highest BCUT2D eigenvalue weighted by atomic mass is 16.5. The number of carbonyl (C=O) groups is 2. The Balaban J connectivity index is 1.47. The largest absolute Gasteiger partial charge is 0.461 e. The molecule has 1 fully saturated rings. The lowest BCUT2D eigenvalue weighted by Crippen LogP contribution is -2.40. The van der Waals surface area contributed by atoms with Crippen LogP contribution >= 0.6 is 0 Å². The third-order valence-electron chi connectivity index (χ3n) is 5.88. The van der Waals surface area contributed by atoms with E-state index in [0.717, 1.165) is 49.4 Å². The van der Waals surface area contributed by atoms with Crippen LogP contribution < -0.4 is 5.32 Å². The number of amides is 1. The molecule has 4 heterocycles. The molecule has 9 heteroatoms. The third-order valence-corrected chi connectivity index (χ3v) is 5.88. The molecule has 0 aromatic carbocycles. The highest BCUT2D eigenvalue weighted by Crippen LogP contribution is 2.37. The third kappa shape index (κ3) is 4.05. The van der Waals surface area contributed by atoms with Gasteiger partial charge in [0.2, 0.25) is 0 Å². The van der Waals surface area contributed by atoms with E-state index in [1.54, 1.807) is 6.07 Å².